The summed E-state index contributed by atoms with van der Waals surface area (Å²) in [6, 6.07) is 0. The maximum Gasteiger partial charge on any atom is 0.331 e. The van der Waals surface area contributed by atoms with Crippen molar-refractivity contribution in [3.05, 3.63) is 12.2 Å². The minimum absolute atomic E-state index is 0.0536. The molecule has 0 radical (unpaired) electrons. The second kappa shape index (κ2) is 9.63. The predicted octanol–water partition coefficient (Wildman–Crippen LogP) is -0.760. The van der Waals surface area contributed by atoms with E-state index >= 15 is 0 Å². The van der Waals surface area contributed by atoms with Crippen LogP contribution in [0, 0.1) is 0 Å². The summed E-state index contributed by atoms with van der Waals surface area (Å²) in [5, 5.41) is 10.7. The quantitative estimate of drug-likeness (QED) is 0.339. The maximum absolute atomic E-state index is 11.1. The number of carboxylic acids is 1. The molecule has 106 valence electrons. The third-order valence-corrected chi connectivity index (χ3v) is 1.79. The lowest BCUT2D eigenvalue weighted by Crippen LogP contribution is -2.29. The van der Waals surface area contributed by atoms with Gasteiger partial charge in [0.15, 0.2) is 6.61 Å². The summed E-state index contributed by atoms with van der Waals surface area (Å²) in [5.74, 6) is -3.07. The van der Waals surface area contributed by atoms with Crippen LogP contribution in [-0.4, -0.2) is 49.2 Å². The minimum atomic E-state index is -0.950. The lowest BCUT2D eigenvalue weighted by atomic mass is 10.3. The molecule has 0 bridgehead atoms. The number of carbonyl (C=O) groups excluding carboxylic acids is 3. The monoisotopic (exact) mass is 273 g/mol. The third-order valence-electron chi connectivity index (χ3n) is 1.79. The highest BCUT2D eigenvalue weighted by molar-refractivity contribution is 5.92. The largest absolute Gasteiger partial charge is 0.481 e. The third kappa shape index (κ3) is 10.5. The Kier molecular flexibility index (Phi) is 8.42. The van der Waals surface area contributed by atoms with Crippen molar-refractivity contribution in [2.75, 3.05) is 20.3 Å². The molecule has 0 aliphatic heterocycles. The molecule has 0 saturated heterocycles. The van der Waals surface area contributed by atoms with Gasteiger partial charge < -0.3 is 19.9 Å². The van der Waals surface area contributed by atoms with E-state index in [4.69, 9.17) is 5.11 Å². The van der Waals surface area contributed by atoms with Crippen molar-refractivity contribution in [1.29, 1.82) is 0 Å². The van der Waals surface area contributed by atoms with E-state index in [2.05, 4.69) is 14.8 Å². The van der Waals surface area contributed by atoms with Gasteiger partial charge in [-0.25, -0.2) is 9.59 Å². The van der Waals surface area contributed by atoms with Crippen molar-refractivity contribution in [2.45, 2.75) is 12.8 Å². The fourth-order valence-corrected chi connectivity index (χ4v) is 0.907. The highest BCUT2D eigenvalue weighted by Gasteiger charge is 2.05. The van der Waals surface area contributed by atoms with E-state index in [0.717, 1.165) is 19.3 Å². The fraction of sp³-hybridized carbons (Fsp3) is 0.455. The van der Waals surface area contributed by atoms with Gasteiger partial charge in [-0.1, -0.05) is 0 Å². The molecule has 1 amide bonds. The molecule has 8 heteroatoms. The van der Waals surface area contributed by atoms with Crippen LogP contribution in [-0.2, 0) is 28.7 Å². The first-order valence-electron chi connectivity index (χ1n) is 5.37. The van der Waals surface area contributed by atoms with E-state index in [0.29, 0.717) is 0 Å². The Bertz CT molecular complexity index is 375. The Morgan fingerprint density at radius 2 is 1.79 bits per heavy atom. The number of methoxy groups -OCH3 is 1. The molecule has 0 atom stereocenters. The second-order valence-electron chi connectivity index (χ2n) is 3.31. The van der Waals surface area contributed by atoms with Gasteiger partial charge in [-0.15, -0.1) is 0 Å². The molecule has 8 nitrogen and oxygen atoms in total. The van der Waals surface area contributed by atoms with E-state index in [1.54, 1.807) is 0 Å². The van der Waals surface area contributed by atoms with E-state index in [-0.39, 0.29) is 19.4 Å². The molecular weight excluding hydrogens is 258 g/mol. The maximum atomic E-state index is 11.1. The number of rotatable bonds is 8. The number of amides is 1. The summed E-state index contributed by atoms with van der Waals surface area (Å²) >= 11 is 0. The Hall–Kier alpha value is -2.38. The Balaban J connectivity index is 3.72. The summed E-state index contributed by atoms with van der Waals surface area (Å²) in [4.78, 5) is 43.0. The highest BCUT2D eigenvalue weighted by atomic mass is 16.5. The first kappa shape index (κ1) is 16.6. The first-order chi connectivity index (χ1) is 8.95. The van der Waals surface area contributed by atoms with E-state index in [9.17, 15) is 19.2 Å². The molecule has 0 aromatic carbocycles. The van der Waals surface area contributed by atoms with Crippen LogP contribution in [0.25, 0.3) is 0 Å². The average Bonchev–Trinajstić information content (AvgIpc) is 2.38. The topological polar surface area (TPSA) is 119 Å². The van der Waals surface area contributed by atoms with Crippen LogP contribution in [0.4, 0.5) is 0 Å². The SMILES string of the molecule is COC(=O)C=CC(=O)OCC(=O)NCCCC(=O)O. The molecule has 2 N–H and O–H groups in total. The van der Waals surface area contributed by atoms with Gasteiger partial charge in [-0.05, 0) is 6.42 Å². The van der Waals surface area contributed by atoms with E-state index in [1.165, 1.54) is 0 Å². The highest BCUT2D eigenvalue weighted by Crippen LogP contribution is 1.87. The zero-order valence-corrected chi connectivity index (χ0v) is 10.4. The molecule has 0 unspecified atom stereocenters. The van der Waals surface area contributed by atoms with Crippen LogP contribution >= 0.6 is 0 Å². The van der Waals surface area contributed by atoms with Gasteiger partial charge in [0.25, 0.3) is 5.91 Å². The molecule has 0 aliphatic carbocycles. The van der Waals surface area contributed by atoms with Crippen LogP contribution in [0.15, 0.2) is 12.2 Å². The summed E-state index contributed by atoms with van der Waals surface area (Å²) in [6.45, 7) is -0.321. The van der Waals surface area contributed by atoms with Crippen molar-refractivity contribution < 1.29 is 33.8 Å². The van der Waals surface area contributed by atoms with Gasteiger partial charge in [0.1, 0.15) is 0 Å². The van der Waals surface area contributed by atoms with Gasteiger partial charge in [-0.2, -0.15) is 0 Å². The molecule has 0 saturated carbocycles. The number of hydrogen-bond acceptors (Lipinski definition) is 6. The average molecular weight is 273 g/mol. The van der Waals surface area contributed by atoms with Gasteiger partial charge >= 0.3 is 17.9 Å². The van der Waals surface area contributed by atoms with Crippen molar-refractivity contribution in [3.63, 3.8) is 0 Å². The normalized spacial score (nSPS) is 9.95. The Morgan fingerprint density at radius 3 is 2.37 bits per heavy atom. The number of hydrogen-bond donors (Lipinski definition) is 2. The number of nitrogens with one attached hydrogen (secondary N) is 1. The summed E-state index contributed by atoms with van der Waals surface area (Å²) in [7, 11) is 1.16. The number of esters is 2. The molecule has 19 heavy (non-hydrogen) atoms. The van der Waals surface area contributed by atoms with E-state index in [1.807, 2.05) is 0 Å². The second-order valence-corrected chi connectivity index (χ2v) is 3.31. The van der Waals surface area contributed by atoms with Crippen molar-refractivity contribution in [3.8, 4) is 0 Å². The fourth-order valence-electron chi connectivity index (χ4n) is 0.907. The van der Waals surface area contributed by atoms with Crippen LogP contribution in [0.1, 0.15) is 12.8 Å². The van der Waals surface area contributed by atoms with Gasteiger partial charge in [0, 0.05) is 25.1 Å². The minimum Gasteiger partial charge on any atom is -0.481 e. The number of aliphatic carboxylic acids is 1. The van der Waals surface area contributed by atoms with Gasteiger partial charge in [0.05, 0.1) is 7.11 Å². The molecule has 0 rings (SSSR count). The van der Waals surface area contributed by atoms with Crippen molar-refractivity contribution in [1.82, 2.24) is 5.32 Å². The molecule has 0 aromatic rings. The van der Waals surface area contributed by atoms with Gasteiger partial charge in [-0.3, -0.25) is 9.59 Å². The molecule has 0 heterocycles. The summed E-state index contributed by atoms with van der Waals surface area (Å²) in [6.07, 6.45) is 1.94. The molecule has 0 spiro atoms. The number of ether oxygens (including phenoxy) is 2. The number of carbonyl (C=O) groups is 4. The van der Waals surface area contributed by atoms with Crippen LogP contribution in [0.5, 0.6) is 0 Å². The molecule has 0 fully saturated rings. The predicted molar refractivity (Wildman–Crippen MR) is 62.0 cm³/mol. The van der Waals surface area contributed by atoms with Crippen LogP contribution in [0.2, 0.25) is 0 Å². The molecule has 0 aliphatic rings. The summed E-state index contributed by atoms with van der Waals surface area (Å²) in [5.41, 5.74) is 0. The molecular formula is C11H15NO7. The lowest BCUT2D eigenvalue weighted by Gasteiger charge is -2.04. The van der Waals surface area contributed by atoms with Crippen LogP contribution in [0.3, 0.4) is 0 Å². The Morgan fingerprint density at radius 1 is 1.16 bits per heavy atom. The lowest BCUT2D eigenvalue weighted by molar-refractivity contribution is -0.144. The molecule has 0 aromatic heterocycles. The van der Waals surface area contributed by atoms with Crippen molar-refractivity contribution >= 4 is 23.8 Å². The zero-order valence-electron chi connectivity index (χ0n) is 10.4. The smallest absolute Gasteiger partial charge is 0.331 e. The van der Waals surface area contributed by atoms with Gasteiger partial charge in [0.2, 0.25) is 0 Å². The van der Waals surface area contributed by atoms with E-state index < -0.39 is 30.4 Å². The standard InChI is InChI=1S/C11H15NO7/c1-18-10(16)4-5-11(17)19-7-8(13)12-6-2-3-9(14)15/h4-5H,2-3,6-7H2,1H3,(H,12,13)(H,14,15). The summed E-state index contributed by atoms with van der Waals surface area (Å²) < 4.78 is 8.77. The number of carboxylic acid groups (broad SMARTS) is 1. The Labute approximate surface area is 109 Å². The zero-order chi connectivity index (χ0) is 14.7. The van der Waals surface area contributed by atoms with Crippen LogP contribution < -0.4 is 5.32 Å². The van der Waals surface area contributed by atoms with Crippen molar-refractivity contribution in [2.24, 2.45) is 0 Å². The first-order valence-corrected chi connectivity index (χ1v) is 5.37.